The molecule has 0 saturated heterocycles. The first-order valence-corrected chi connectivity index (χ1v) is 8.00. The molecule has 0 N–H and O–H groups in total. The lowest BCUT2D eigenvalue weighted by Crippen LogP contribution is -2.04. The van der Waals surface area contributed by atoms with Crippen LogP contribution in [-0.4, -0.2) is 34.3 Å². The molecule has 0 atom stereocenters. The highest BCUT2D eigenvalue weighted by atomic mass is 19.1. The third-order valence-electron chi connectivity index (χ3n) is 4.15. The van der Waals surface area contributed by atoms with E-state index in [4.69, 9.17) is 0 Å². The van der Waals surface area contributed by atoms with Crippen LogP contribution in [0.15, 0.2) is 61.2 Å². The van der Waals surface area contributed by atoms with E-state index in [1.807, 2.05) is 28.9 Å². The normalized spacial score (nSPS) is 11.4. The van der Waals surface area contributed by atoms with Crippen molar-refractivity contribution in [3.8, 4) is 11.3 Å². The lowest BCUT2D eigenvalue weighted by molar-refractivity contribution is 0.628. The number of pyridine rings is 1. The number of imidazole rings is 1. The van der Waals surface area contributed by atoms with Gasteiger partial charge in [0.25, 0.3) is 0 Å². The van der Waals surface area contributed by atoms with Crippen molar-refractivity contribution in [1.82, 2.24) is 34.3 Å². The molecule has 0 saturated carbocycles. The standard InChI is InChI=1S/C18H12FN7/c19-14-4-2-13(3-5-14)15-9-21-17-18(22-15)26(24-23-17)11-12-1-6-16-20-7-8-25(16)10-12/h1-10H,11H2. The number of aromatic nitrogens is 7. The fourth-order valence-corrected chi connectivity index (χ4v) is 2.85. The van der Waals surface area contributed by atoms with Crippen molar-refractivity contribution in [2.75, 3.05) is 0 Å². The van der Waals surface area contributed by atoms with Crippen LogP contribution in [0.4, 0.5) is 4.39 Å². The fourth-order valence-electron chi connectivity index (χ4n) is 2.85. The van der Waals surface area contributed by atoms with Crippen molar-refractivity contribution < 1.29 is 4.39 Å². The van der Waals surface area contributed by atoms with Crippen LogP contribution in [0.25, 0.3) is 28.2 Å². The molecule has 4 heterocycles. The van der Waals surface area contributed by atoms with Gasteiger partial charge in [-0.3, -0.25) is 0 Å². The Morgan fingerprint density at radius 3 is 2.77 bits per heavy atom. The Morgan fingerprint density at radius 1 is 1.00 bits per heavy atom. The van der Waals surface area contributed by atoms with Gasteiger partial charge in [-0.15, -0.1) is 5.10 Å². The van der Waals surface area contributed by atoms with E-state index in [2.05, 4.69) is 25.3 Å². The average Bonchev–Trinajstić information content (AvgIpc) is 3.29. The summed E-state index contributed by atoms with van der Waals surface area (Å²) in [6.45, 7) is 0.506. The predicted octanol–water partition coefficient (Wildman–Crippen LogP) is 2.72. The Hall–Kier alpha value is -3.68. The Balaban J connectivity index is 1.54. The summed E-state index contributed by atoms with van der Waals surface area (Å²) in [5.74, 6) is -0.288. The number of nitrogens with zero attached hydrogens (tertiary/aromatic N) is 7. The highest BCUT2D eigenvalue weighted by molar-refractivity contribution is 5.70. The fraction of sp³-hybridized carbons (Fsp3) is 0.0556. The lowest BCUT2D eigenvalue weighted by Gasteiger charge is -2.04. The van der Waals surface area contributed by atoms with E-state index in [9.17, 15) is 4.39 Å². The number of fused-ring (bicyclic) bond motifs is 2. The van der Waals surface area contributed by atoms with Crippen LogP contribution in [0.1, 0.15) is 5.56 Å². The van der Waals surface area contributed by atoms with Gasteiger partial charge in [0.15, 0.2) is 5.65 Å². The van der Waals surface area contributed by atoms with Gasteiger partial charge in [0.1, 0.15) is 11.5 Å². The SMILES string of the molecule is Fc1ccc(-c2cnc3nnn(Cc4ccc5nccn5c4)c3n2)cc1. The molecule has 0 unspecified atom stereocenters. The second kappa shape index (κ2) is 5.69. The number of benzene rings is 1. The molecular weight excluding hydrogens is 333 g/mol. The first-order chi connectivity index (χ1) is 12.8. The van der Waals surface area contributed by atoms with Gasteiger partial charge in [-0.05, 0) is 35.9 Å². The number of hydrogen-bond acceptors (Lipinski definition) is 5. The van der Waals surface area contributed by atoms with Crippen molar-refractivity contribution >= 4 is 16.9 Å². The number of hydrogen-bond donors (Lipinski definition) is 0. The van der Waals surface area contributed by atoms with Crippen LogP contribution in [-0.2, 0) is 6.54 Å². The van der Waals surface area contributed by atoms with Gasteiger partial charge < -0.3 is 4.40 Å². The molecule has 4 aromatic heterocycles. The smallest absolute Gasteiger partial charge is 0.221 e. The molecule has 8 heteroatoms. The molecule has 0 radical (unpaired) electrons. The van der Waals surface area contributed by atoms with E-state index in [0.29, 0.717) is 23.5 Å². The van der Waals surface area contributed by atoms with E-state index in [-0.39, 0.29) is 5.82 Å². The van der Waals surface area contributed by atoms with E-state index >= 15 is 0 Å². The van der Waals surface area contributed by atoms with Crippen LogP contribution in [0.2, 0.25) is 0 Å². The predicted molar refractivity (Wildman–Crippen MR) is 92.8 cm³/mol. The molecule has 5 aromatic rings. The molecule has 5 rings (SSSR count). The van der Waals surface area contributed by atoms with Crippen molar-refractivity contribution in [3.63, 3.8) is 0 Å². The van der Waals surface area contributed by atoms with E-state index < -0.39 is 0 Å². The largest absolute Gasteiger partial charge is 0.307 e. The summed E-state index contributed by atoms with van der Waals surface area (Å²) in [6.07, 6.45) is 7.26. The zero-order valence-electron chi connectivity index (χ0n) is 13.5. The molecule has 0 aliphatic heterocycles. The molecule has 0 aliphatic rings. The summed E-state index contributed by atoms with van der Waals surface area (Å²) < 4.78 is 16.8. The zero-order chi connectivity index (χ0) is 17.5. The highest BCUT2D eigenvalue weighted by Crippen LogP contribution is 2.19. The quantitative estimate of drug-likeness (QED) is 0.503. The first kappa shape index (κ1) is 14.6. The summed E-state index contributed by atoms with van der Waals surface area (Å²) in [5.41, 5.74) is 4.41. The topological polar surface area (TPSA) is 73.8 Å². The zero-order valence-corrected chi connectivity index (χ0v) is 13.5. The highest BCUT2D eigenvalue weighted by Gasteiger charge is 2.11. The molecule has 0 amide bonds. The third-order valence-corrected chi connectivity index (χ3v) is 4.15. The Kier molecular flexibility index (Phi) is 3.21. The summed E-state index contributed by atoms with van der Waals surface area (Å²) in [6, 6.07) is 10.1. The Morgan fingerprint density at radius 2 is 1.88 bits per heavy atom. The minimum Gasteiger partial charge on any atom is -0.307 e. The lowest BCUT2D eigenvalue weighted by atomic mass is 10.1. The van der Waals surface area contributed by atoms with E-state index in [1.54, 1.807) is 29.2 Å². The second-order valence-corrected chi connectivity index (χ2v) is 5.89. The Bertz CT molecular complexity index is 1220. The average molecular weight is 345 g/mol. The van der Waals surface area contributed by atoms with Crippen molar-refractivity contribution in [2.24, 2.45) is 0 Å². The van der Waals surface area contributed by atoms with Crippen LogP contribution in [0, 0.1) is 5.82 Å². The number of rotatable bonds is 3. The second-order valence-electron chi connectivity index (χ2n) is 5.89. The van der Waals surface area contributed by atoms with Crippen molar-refractivity contribution in [1.29, 1.82) is 0 Å². The minimum absolute atomic E-state index is 0.288. The monoisotopic (exact) mass is 345 g/mol. The molecule has 7 nitrogen and oxygen atoms in total. The maximum atomic E-state index is 13.1. The third kappa shape index (κ3) is 2.48. The van der Waals surface area contributed by atoms with Gasteiger partial charge in [0.05, 0.1) is 18.4 Å². The Labute approximate surface area is 146 Å². The molecule has 0 bridgehead atoms. The van der Waals surface area contributed by atoms with Gasteiger partial charge in [-0.2, -0.15) is 0 Å². The molecule has 0 aliphatic carbocycles. The summed E-state index contributed by atoms with van der Waals surface area (Å²) in [7, 11) is 0. The van der Waals surface area contributed by atoms with Gasteiger partial charge >= 0.3 is 0 Å². The molecule has 26 heavy (non-hydrogen) atoms. The summed E-state index contributed by atoms with van der Waals surface area (Å²) in [4.78, 5) is 13.2. The molecule has 1 aromatic carbocycles. The summed E-state index contributed by atoms with van der Waals surface area (Å²) in [5, 5.41) is 8.24. The maximum Gasteiger partial charge on any atom is 0.221 e. The maximum absolute atomic E-state index is 13.1. The van der Waals surface area contributed by atoms with Crippen LogP contribution in [0.5, 0.6) is 0 Å². The van der Waals surface area contributed by atoms with Gasteiger partial charge in [0.2, 0.25) is 5.65 Å². The molecular formula is C18H12FN7. The molecule has 0 fully saturated rings. The van der Waals surface area contributed by atoms with Crippen molar-refractivity contribution in [2.45, 2.75) is 6.54 Å². The van der Waals surface area contributed by atoms with Gasteiger partial charge in [-0.1, -0.05) is 11.3 Å². The van der Waals surface area contributed by atoms with Crippen LogP contribution in [0.3, 0.4) is 0 Å². The molecule has 0 spiro atoms. The van der Waals surface area contributed by atoms with Gasteiger partial charge in [-0.25, -0.2) is 24.0 Å². The van der Waals surface area contributed by atoms with Gasteiger partial charge in [0, 0.05) is 24.2 Å². The van der Waals surface area contributed by atoms with E-state index in [1.165, 1.54) is 12.1 Å². The first-order valence-electron chi connectivity index (χ1n) is 8.00. The minimum atomic E-state index is -0.288. The summed E-state index contributed by atoms with van der Waals surface area (Å²) >= 11 is 0. The van der Waals surface area contributed by atoms with E-state index in [0.717, 1.165) is 16.8 Å². The van der Waals surface area contributed by atoms with Crippen molar-refractivity contribution in [3.05, 3.63) is 72.6 Å². The van der Waals surface area contributed by atoms with Crippen LogP contribution < -0.4 is 0 Å². The molecule has 126 valence electrons. The number of halogens is 1. The van der Waals surface area contributed by atoms with Crippen LogP contribution >= 0.6 is 0 Å².